The first kappa shape index (κ1) is 19.8. The van der Waals surface area contributed by atoms with E-state index in [0.717, 1.165) is 31.5 Å². The molecule has 1 amide bonds. The summed E-state index contributed by atoms with van der Waals surface area (Å²) in [6.07, 6.45) is 1.85. The maximum atomic E-state index is 12.4. The first-order valence-electron chi connectivity index (χ1n) is 8.55. The lowest BCUT2D eigenvalue weighted by atomic mass is 10.1. The highest BCUT2D eigenvalue weighted by atomic mass is 32.2. The molecule has 0 atom stereocenters. The maximum Gasteiger partial charge on any atom is 0.253 e. The lowest BCUT2D eigenvalue weighted by molar-refractivity contribution is 0.0954. The normalized spacial score (nSPS) is 11.0. The average molecular weight is 375 g/mol. The number of amides is 1. The Balaban J connectivity index is 1.89. The molecular formula is C19H25N3O3S. The lowest BCUT2D eigenvalue weighted by Crippen LogP contribution is -2.30. The van der Waals surface area contributed by atoms with Gasteiger partial charge in [-0.05, 0) is 37.6 Å². The zero-order valence-electron chi connectivity index (χ0n) is 15.1. The van der Waals surface area contributed by atoms with Crippen molar-refractivity contribution < 1.29 is 13.2 Å². The van der Waals surface area contributed by atoms with Gasteiger partial charge < -0.3 is 10.2 Å². The molecule has 0 aliphatic carbocycles. The summed E-state index contributed by atoms with van der Waals surface area (Å²) in [4.78, 5) is 14.6. The van der Waals surface area contributed by atoms with E-state index >= 15 is 0 Å². The smallest absolute Gasteiger partial charge is 0.253 e. The molecular weight excluding hydrogens is 350 g/mol. The van der Waals surface area contributed by atoms with Crippen LogP contribution in [0.1, 0.15) is 23.7 Å². The van der Waals surface area contributed by atoms with Crippen LogP contribution in [0.5, 0.6) is 0 Å². The number of rotatable bonds is 9. The molecule has 0 saturated heterocycles. The van der Waals surface area contributed by atoms with Crippen molar-refractivity contribution in [1.29, 1.82) is 0 Å². The minimum absolute atomic E-state index is 0.284. The Morgan fingerprint density at radius 2 is 1.69 bits per heavy atom. The van der Waals surface area contributed by atoms with Crippen molar-refractivity contribution in [3.8, 4) is 0 Å². The van der Waals surface area contributed by atoms with Crippen molar-refractivity contribution in [2.75, 3.05) is 35.5 Å². The largest absolute Gasteiger partial charge is 0.372 e. The summed E-state index contributed by atoms with van der Waals surface area (Å²) in [6.45, 7) is 4.32. The summed E-state index contributed by atoms with van der Waals surface area (Å²) >= 11 is 0. The van der Waals surface area contributed by atoms with Crippen molar-refractivity contribution in [3.05, 3.63) is 60.2 Å². The quantitative estimate of drug-likeness (QED) is 0.661. The van der Waals surface area contributed by atoms with Crippen molar-refractivity contribution in [3.63, 3.8) is 0 Å². The zero-order valence-corrected chi connectivity index (χ0v) is 15.9. The van der Waals surface area contributed by atoms with E-state index < -0.39 is 10.0 Å². The summed E-state index contributed by atoms with van der Waals surface area (Å²) < 4.78 is 25.2. The first-order chi connectivity index (χ1) is 12.4. The molecule has 2 aromatic rings. The van der Waals surface area contributed by atoms with E-state index in [1.165, 1.54) is 0 Å². The molecule has 6 nitrogen and oxygen atoms in total. The van der Waals surface area contributed by atoms with Gasteiger partial charge in [-0.15, -0.1) is 0 Å². The predicted molar refractivity (Wildman–Crippen MR) is 106 cm³/mol. The average Bonchev–Trinajstić information content (AvgIpc) is 2.61. The van der Waals surface area contributed by atoms with Crippen LogP contribution in [0, 0.1) is 0 Å². The number of anilines is 2. The van der Waals surface area contributed by atoms with Gasteiger partial charge in [0.25, 0.3) is 5.91 Å². The molecule has 2 aromatic carbocycles. The minimum atomic E-state index is -3.44. The van der Waals surface area contributed by atoms with Gasteiger partial charge in [0.2, 0.25) is 10.0 Å². The minimum Gasteiger partial charge on any atom is -0.372 e. The molecule has 0 aromatic heterocycles. The molecule has 2 N–H and O–H groups in total. The van der Waals surface area contributed by atoms with Crippen LogP contribution in [0.15, 0.2) is 54.6 Å². The second-order valence-electron chi connectivity index (χ2n) is 5.94. The van der Waals surface area contributed by atoms with Crippen LogP contribution < -0.4 is 14.9 Å². The third kappa shape index (κ3) is 6.07. The van der Waals surface area contributed by atoms with E-state index in [1.54, 1.807) is 24.3 Å². The van der Waals surface area contributed by atoms with Crippen LogP contribution in [0.3, 0.4) is 0 Å². The Labute approximate surface area is 155 Å². The number of nitrogens with one attached hydrogen (secondary N) is 2. The fourth-order valence-electron chi connectivity index (χ4n) is 2.65. The second kappa shape index (κ2) is 9.24. The van der Waals surface area contributed by atoms with Crippen LogP contribution in [-0.2, 0) is 10.0 Å². The molecule has 0 aliphatic rings. The number of nitrogens with zero attached hydrogens (tertiary/aromatic N) is 1. The Morgan fingerprint density at radius 1 is 1.04 bits per heavy atom. The Morgan fingerprint density at radius 3 is 2.35 bits per heavy atom. The number of benzene rings is 2. The van der Waals surface area contributed by atoms with Crippen LogP contribution >= 0.6 is 0 Å². The summed E-state index contributed by atoms with van der Waals surface area (Å²) in [5.74, 6) is -0.292. The van der Waals surface area contributed by atoms with Crippen LogP contribution in [0.25, 0.3) is 0 Å². The Hall–Kier alpha value is -2.54. The van der Waals surface area contributed by atoms with Crippen molar-refractivity contribution in [2.24, 2.45) is 0 Å². The number of sulfonamides is 1. The SMILES string of the molecule is CCN(CCCNC(=O)c1ccccc1NS(C)(=O)=O)c1ccccc1. The van der Waals surface area contributed by atoms with Crippen molar-refractivity contribution in [2.45, 2.75) is 13.3 Å². The molecule has 140 valence electrons. The van der Waals surface area contributed by atoms with E-state index in [9.17, 15) is 13.2 Å². The number of carbonyl (C=O) groups excluding carboxylic acids is 1. The molecule has 0 spiro atoms. The molecule has 26 heavy (non-hydrogen) atoms. The first-order valence-corrected chi connectivity index (χ1v) is 10.4. The van der Waals surface area contributed by atoms with Gasteiger partial charge in [-0.1, -0.05) is 30.3 Å². The van der Waals surface area contributed by atoms with Gasteiger partial charge in [-0.3, -0.25) is 9.52 Å². The fourth-order valence-corrected chi connectivity index (χ4v) is 3.22. The number of para-hydroxylation sites is 2. The Bertz CT molecular complexity index is 823. The molecule has 0 fully saturated rings. The summed E-state index contributed by atoms with van der Waals surface area (Å²) in [7, 11) is -3.44. The predicted octanol–water partition coefficient (Wildman–Crippen LogP) is 2.70. The van der Waals surface area contributed by atoms with Gasteiger partial charge in [0.05, 0.1) is 17.5 Å². The van der Waals surface area contributed by atoms with Gasteiger partial charge in [-0.25, -0.2) is 8.42 Å². The van der Waals surface area contributed by atoms with Gasteiger partial charge in [0.15, 0.2) is 0 Å². The monoisotopic (exact) mass is 375 g/mol. The van der Waals surface area contributed by atoms with Gasteiger partial charge in [0, 0.05) is 25.3 Å². The highest BCUT2D eigenvalue weighted by molar-refractivity contribution is 7.92. The van der Waals surface area contributed by atoms with Crippen LogP contribution in [-0.4, -0.2) is 40.2 Å². The van der Waals surface area contributed by atoms with E-state index in [-0.39, 0.29) is 11.6 Å². The molecule has 0 radical (unpaired) electrons. The lowest BCUT2D eigenvalue weighted by Gasteiger charge is -2.23. The summed E-state index contributed by atoms with van der Waals surface area (Å²) in [5, 5.41) is 2.86. The van der Waals surface area contributed by atoms with Crippen molar-refractivity contribution in [1.82, 2.24) is 5.32 Å². The third-order valence-electron chi connectivity index (χ3n) is 3.86. The highest BCUT2D eigenvalue weighted by Crippen LogP contribution is 2.16. The van der Waals surface area contributed by atoms with Gasteiger partial charge >= 0.3 is 0 Å². The van der Waals surface area contributed by atoms with E-state index in [1.807, 2.05) is 18.2 Å². The number of hydrogen-bond acceptors (Lipinski definition) is 4. The van der Waals surface area contributed by atoms with Crippen LogP contribution in [0.2, 0.25) is 0 Å². The molecule has 7 heteroatoms. The molecule has 2 rings (SSSR count). The summed E-state index contributed by atoms with van der Waals surface area (Å²) in [5.41, 5.74) is 1.75. The topological polar surface area (TPSA) is 78.5 Å². The second-order valence-corrected chi connectivity index (χ2v) is 7.69. The highest BCUT2D eigenvalue weighted by Gasteiger charge is 2.13. The number of hydrogen-bond donors (Lipinski definition) is 2. The van der Waals surface area contributed by atoms with E-state index in [4.69, 9.17) is 0 Å². The molecule has 0 bridgehead atoms. The standard InChI is InChI=1S/C19H25N3O3S/c1-3-22(16-10-5-4-6-11-16)15-9-14-20-19(23)17-12-7-8-13-18(17)21-26(2,24)25/h4-8,10-13,21H,3,9,14-15H2,1-2H3,(H,20,23). The Kier molecular flexibility index (Phi) is 7.03. The fraction of sp³-hybridized carbons (Fsp3) is 0.316. The van der Waals surface area contributed by atoms with Crippen molar-refractivity contribution >= 4 is 27.3 Å². The molecule has 0 saturated carbocycles. The molecule has 0 heterocycles. The summed E-state index contributed by atoms with van der Waals surface area (Å²) in [6, 6.07) is 16.7. The van der Waals surface area contributed by atoms with Gasteiger partial charge in [0.1, 0.15) is 0 Å². The zero-order chi connectivity index (χ0) is 19.0. The van der Waals surface area contributed by atoms with E-state index in [2.05, 4.69) is 34.0 Å². The molecule has 0 aliphatic heterocycles. The maximum absolute atomic E-state index is 12.4. The van der Waals surface area contributed by atoms with Crippen LogP contribution in [0.4, 0.5) is 11.4 Å². The van der Waals surface area contributed by atoms with E-state index in [0.29, 0.717) is 12.1 Å². The number of carbonyl (C=O) groups is 1. The third-order valence-corrected chi connectivity index (χ3v) is 4.45. The van der Waals surface area contributed by atoms with Gasteiger partial charge in [-0.2, -0.15) is 0 Å². The molecule has 0 unspecified atom stereocenters.